The zero-order chi connectivity index (χ0) is 32.7. The van der Waals surface area contributed by atoms with Crippen LogP contribution in [-0.4, -0.2) is 16.0 Å². The first-order chi connectivity index (χ1) is 21.5. The molecule has 0 spiro atoms. The van der Waals surface area contributed by atoms with Crippen LogP contribution in [0.5, 0.6) is 0 Å². The Morgan fingerprint density at radius 2 is 0.935 bits per heavy atom. The third kappa shape index (κ3) is 3.96. The normalized spacial score (nSPS) is 17.8. The molecule has 2 heterocycles. The van der Waals surface area contributed by atoms with E-state index in [1.54, 1.807) is 22.5 Å². The molecule has 0 fully saturated rings. The van der Waals surface area contributed by atoms with Crippen molar-refractivity contribution < 1.29 is 17.4 Å². The second-order valence-corrected chi connectivity index (χ2v) is 48.1. The van der Waals surface area contributed by atoms with Crippen LogP contribution in [0.25, 0.3) is 44.1 Å². The first-order valence-electron chi connectivity index (χ1n) is 17.0. The van der Waals surface area contributed by atoms with E-state index in [1.807, 2.05) is 0 Å². The summed E-state index contributed by atoms with van der Waals surface area (Å²) in [5.41, 5.74) is 17.8. The van der Waals surface area contributed by atoms with Crippen molar-refractivity contribution in [3.8, 4) is 22.3 Å². The minimum atomic E-state index is -3.92. The van der Waals surface area contributed by atoms with Crippen molar-refractivity contribution in [2.75, 3.05) is 0 Å². The summed E-state index contributed by atoms with van der Waals surface area (Å²) in [6, 6.07) is 33.3. The summed E-state index contributed by atoms with van der Waals surface area (Å²) in [6.07, 6.45) is 0. The number of rotatable bonds is 2. The van der Waals surface area contributed by atoms with Gasteiger partial charge in [-0.2, -0.15) is 0 Å². The average molecular weight is 700 g/mol. The fourth-order valence-electron chi connectivity index (χ4n) is 9.44. The summed E-state index contributed by atoms with van der Waals surface area (Å²) >= 11 is -3.92. The van der Waals surface area contributed by atoms with Gasteiger partial charge < -0.3 is 0 Å². The molecule has 2 aliphatic carbocycles. The first-order valence-corrected chi connectivity index (χ1v) is 30.7. The van der Waals surface area contributed by atoms with Crippen molar-refractivity contribution in [1.82, 2.24) is 9.13 Å². The van der Waals surface area contributed by atoms with Crippen molar-refractivity contribution in [3.63, 3.8) is 0 Å². The average Bonchev–Trinajstić information content (AvgIpc) is 3.68. The first kappa shape index (κ1) is 30.4. The molecule has 6 aromatic rings. The summed E-state index contributed by atoms with van der Waals surface area (Å²) in [6.45, 7) is 16.5. The number of hydrogen-bond acceptors (Lipinski definition) is 0. The molecule has 0 saturated heterocycles. The van der Waals surface area contributed by atoms with Crippen LogP contribution in [0.15, 0.2) is 84.9 Å². The Labute approximate surface area is 277 Å². The Hall–Kier alpha value is -2.94. The van der Waals surface area contributed by atoms with E-state index in [0.29, 0.717) is 7.25 Å². The Bertz CT molecular complexity index is 2180. The molecule has 2 aromatic heterocycles. The van der Waals surface area contributed by atoms with Crippen LogP contribution in [0.1, 0.15) is 82.4 Å². The molecular formula is C42H48N2SiZr. The van der Waals surface area contributed by atoms with Crippen molar-refractivity contribution >= 4 is 28.7 Å². The standard InChI is InChI=1S/2C20H20N.2CH3.H2Si.Zr/c2*1-20(2,3)14-9-10-17-16(12-14)19-15-8-6-5-7-13(15)11-18(19)21(17)4;;;;/h2*5-12H,1-4H3;2*1H3;1H2;. The molecule has 8 rings (SSSR count). The van der Waals surface area contributed by atoms with Gasteiger partial charge in [-0.3, -0.25) is 0 Å². The van der Waals surface area contributed by atoms with Gasteiger partial charge in [0.15, 0.2) is 0 Å². The molecular weight excluding hydrogens is 652 g/mol. The van der Waals surface area contributed by atoms with Gasteiger partial charge in [-0.05, 0) is 0 Å². The second kappa shape index (κ2) is 9.36. The minimum absolute atomic E-state index is 0.103. The molecule has 2 unspecified atom stereocenters. The molecule has 46 heavy (non-hydrogen) atoms. The molecule has 2 atom stereocenters. The Kier molecular flexibility index (Phi) is 6.18. The van der Waals surface area contributed by atoms with Crippen LogP contribution in [-0.2, 0) is 42.3 Å². The summed E-state index contributed by atoms with van der Waals surface area (Å²) < 4.78 is 11.5. The van der Waals surface area contributed by atoms with Crippen molar-refractivity contribution in [2.24, 2.45) is 14.1 Å². The third-order valence-corrected chi connectivity index (χ3v) is 28.8. The maximum absolute atomic E-state index is 3.92. The SMILES string of the molecule is Cn1c2c(c3cc(C(C)(C)C)ccc31)-c1ccccc1[CH]2[Zr]([CH3])([CH3])(=[SiH2])[CH]1c2ccccc2-c2c1n(C)c1ccc(C(C)(C)C)cc21. The van der Waals surface area contributed by atoms with E-state index in [4.69, 9.17) is 0 Å². The zero-order valence-electron chi connectivity index (χ0n) is 29.3. The number of benzene rings is 4. The number of hydrogen-bond donors (Lipinski definition) is 0. The molecule has 0 aliphatic heterocycles. The quantitative estimate of drug-likeness (QED) is 0.159. The number of aromatic nitrogens is 2. The third-order valence-electron chi connectivity index (χ3n) is 11.7. The van der Waals surface area contributed by atoms with E-state index >= 15 is 0 Å². The van der Waals surface area contributed by atoms with Gasteiger partial charge in [-0.1, -0.05) is 0 Å². The van der Waals surface area contributed by atoms with E-state index in [1.165, 1.54) is 55.2 Å². The van der Waals surface area contributed by atoms with Crippen LogP contribution in [0.3, 0.4) is 0 Å². The van der Waals surface area contributed by atoms with Gasteiger partial charge in [0.25, 0.3) is 0 Å². The van der Waals surface area contributed by atoms with Gasteiger partial charge in [0.2, 0.25) is 0 Å². The predicted octanol–water partition coefficient (Wildman–Crippen LogP) is 10.4. The summed E-state index contributed by atoms with van der Waals surface area (Å²) in [7, 11) is 4.67. The monoisotopic (exact) mass is 698 g/mol. The Morgan fingerprint density at radius 1 is 0.565 bits per heavy atom. The summed E-state index contributed by atoms with van der Waals surface area (Å²) in [4.78, 5) is 0. The molecule has 4 heteroatoms. The van der Waals surface area contributed by atoms with Gasteiger partial charge in [-0.25, -0.2) is 0 Å². The molecule has 0 N–H and O–H groups in total. The molecule has 0 saturated carbocycles. The van der Waals surface area contributed by atoms with E-state index in [-0.39, 0.29) is 10.8 Å². The number of aryl methyl sites for hydroxylation is 2. The fraction of sp³-hybridized carbons (Fsp3) is 0.333. The Balaban J connectivity index is 1.44. The van der Waals surface area contributed by atoms with Crippen LogP contribution in [0, 0.1) is 0 Å². The van der Waals surface area contributed by atoms with E-state index < -0.39 is 17.4 Å². The van der Waals surface area contributed by atoms with Crippen molar-refractivity contribution in [3.05, 3.63) is 119 Å². The van der Waals surface area contributed by atoms with Crippen LogP contribution in [0.2, 0.25) is 9.26 Å². The van der Waals surface area contributed by atoms with Crippen LogP contribution >= 0.6 is 0 Å². The second-order valence-electron chi connectivity index (χ2n) is 17.6. The van der Waals surface area contributed by atoms with Crippen molar-refractivity contribution in [1.29, 1.82) is 0 Å². The van der Waals surface area contributed by atoms with Gasteiger partial charge in [-0.15, -0.1) is 0 Å². The number of nitrogens with zero attached hydrogens (tertiary/aromatic N) is 2. The zero-order valence-corrected chi connectivity index (χ0v) is 33.2. The van der Waals surface area contributed by atoms with Gasteiger partial charge >= 0.3 is 279 Å². The summed E-state index contributed by atoms with van der Waals surface area (Å²) in [5, 5.41) is 2.83. The van der Waals surface area contributed by atoms with E-state index in [0.717, 1.165) is 0 Å². The fourth-order valence-corrected chi connectivity index (χ4v) is 27.5. The van der Waals surface area contributed by atoms with E-state index in [9.17, 15) is 0 Å². The molecule has 0 bridgehead atoms. The van der Waals surface area contributed by atoms with Crippen LogP contribution < -0.4 is 0 Å². The predicted molar refractivity (Wildman–Crippen MR) is 198 cm³/mol. The molecule has 0 amide bonds. The molecule has 0 radical (unpaired) electrons. The van der Waals surface area contributed by atoms with E-state index in [2.05, 4.69) is 166 Å². The van der Waals surface area contributed by atoms with Gasteiger partial charge in [0.1, 0.15) is 0 Å². The summed E-state index contributed by atoms with van der Waals surface area (Å²) in [5.74, 6) is 0. The molecule has 2 nitrogen and oxygen atoms in total. The van der Waals surface area contributed by atoms with Gasteiger partial charge in [0.05, 0.1) is 0 Å². The van der Waals surface area contributed by atoms with Crippen LogP contribution in [0.4, 0.5) is 0 Å². The number of fused-ring (bicyclic) bond motifs is 10. The molecule has 234 valence electrons. The maximum atomic E-state index is 2.78. The topological polar surface area (TPSA) is 9.86 Å². The van der Waals surface area contributed by atoms with Gasteiger partial charge in [0, 0.05) is 0 Å². The Morgan fingerprint density at radius 3 is 1.30 bits per heavy atom. The molecule has 4 aromatic carbocycles. The van der Waals surface area contributed by atoms with Crippen molar-refractivity contribution in [2.45, 2.75) is 68.9 Å². The molecule has 2 aliphatic rings.